The third-order valence-corrected chi connectivity index (χ3v) is 5.14. The monoisotopic (exact) mass is 312 g/mol. The van der Waals surface area contributed by atoms with E-state index in [9.17, 15) is 8.42 Å². The summed E-state index contributed by atoms with van der Waals surface area (Å²) in [5.41, 5.74) is 1.78. The molecule has 1 saturated heterocycles. The molecular formula is C15H24N2O3S. The lowest BCUT2D eigenvalue weighted by molar-refractivity contribution is 0.224. The van der Waals surface area contributed by atoms with Gasteiger partial charge in [-0.1, -0.05) is 13.8 Å². The Bertz CT molecular complexity index is 585. The lowest BCUT2D eigenvalue weighted by Gasteiger charge is -2.16. The molecule has 21 heavy (non-hydrogen) atoms. The molecule has 0 aliphatic carbocycles. The number of rotatable bonds is 6. The number of nitrogens with zero attached hydrogens (tertiary/aromatic N) is 1. The van der Waals surface area contributed by atoms with Crippen molar-refractivity contribution in [1.29, 1.82) is 0 Å². The van der Waals surface area contributed by atoms with Gasteiger partial charge in [0, 0.05) is 12.2 Å². The molecular weight excluding hydrogens is 288 g/mol. The van der Waals surface area contributed by atoms with E-state index in [4.69, 9.17) is 4.74 Å². The summed E-state index contributed by atoms with van der Waals surface area (Å²) in [6.45, 7) is 7.78. The highest BCUT2D eigenvalue weighted by molar-refractivity contribution is 7.91. The van der Waals surface area contributed by atoms with Gasteiger partial charge in [-0.05, 0) is 37.9 Å². The third kappa shape index (κ3) is 4.97. The Hall–Kier alpha value is -1.14. The SMILES string of the molecule is Cc1ccc(OC2CCS(=O)(=O)C2)c(CNCC(C)C)n1. The van der Waals surface area contributed by atoms with Crippen molar-refractivity contribution in [3.8, 4) is 5.75 Å². The Morgan fingerprint density at radius 3 is 2.81 bits per heavy atom. The van der Waals surface area contributed by atoms with Gasteiger partial charge in [0.1, 0.15) is 11.9 Å². The van der Waals surface area contributed by atoms with Crippen LogP contribution in [-0.4, -0.2) is 37.6 Å². The predicted octanol–water partition coefficient (Wildman–Crippen LogP) is 1.70. The number of aryl methyl sites for hydroxylation is 1. The van der Waals surface area contributed by atoms with E-state index in [0.29, 0.717) is 24.6 Å². The quantitative estimate of drug-likeness (QED) is 0.866. The molecule has 0 amide bonds. The van der Waals surface area contributed by atoms with Crippen LogP contribution in [0.2, 0.25) is 0 Å². The number of sulfone groups is 1. The van der Waals surface area contributed by atoms with Gasteiger partial charge in [-0.2, -0.15) is 0 Å². The molecule has 1 fully saturated rings. The zero-order valence-corrected chi connectivity index (χ0v) is 13.7. The van der Waals surface area contributed by atoms with E-state index in [0.717, 1.165) is 17.9 Å². The largest absolute Gasteiger partial charge is 0.487 e. The van der Waals surface area contributed by atoms with E-state index < -0.39 is 9.84 Å². The molecule has 0 aromatic carbocycles. The predicted molar refractivity (Wildman–Crippen MR) is 83.2 cm³/mol. The molecule has 2 heterocycles. The van der Waals surface area contributed by atoms with Gasteiger partial charge in [-0.15, -0.1) is 0 Å². The zero-order valence-electron chi connectivity index (χ0n) is 12.9. The van der Waals surface area contributed by atoms with E-state index in [2.05, 4.69) is 24.1 Å². The van der Waals surface area contributed by atoms with Gasteiger partial charge >= 0.3 is 0 Å². The Balaban J connectivity index is 2.04. The average molecular weight is 312 g/mol. The first kappa shape index (κ1) is 16.2. The van der Waals surface area contributed by atoms with Crippen molar-refractivity contribution in [2.75, 3.05) is 18.1 Å². The molecule has 1 aliphatic rings. The number of hydrogen-bond donors (Lipinski definition) is 1. The molecule has 1 aromatic heterocycles. The first-order chi connectivity index (χ1) is 9.85. The fraction of sp³-hybridized carbons (Fsp3) is 0.667. The standard InChI is InChI=1S/C15H24N2O3S/c1-11(2)8-16-9-14-15(5-4-12(3)17-14)20-13-6-7-21(18,19)10-13/h4-5,11,13,16H,6-10H2,1-3H3. The van der Waals surface area contributed by atoms with Crippen molar-refractivity contribution < 1.29 is 13.2 Å². The second-order valence-electron chi connectivity index (χ2n) is 6.07. The highest BCUT2D eigenvalue weighted by Gasteiger charge is 2.29. The molecule has 1 N–H and O–H groups in total. The summed E-state index contributed by atoms with van der Waals surface area (Å²) in [6, 6.07) is 3.78. The van der Waals surface area contributed by atoms with Crippen LogP contribution in [0.3, 0.4) is 0 Å². The lowest BCUT2D eigenvalue weighted by Crippen LogP contribution is -2.22. The van der Waals surface area contributed by atoms with Gasteiger partial charge in [0.25, 0.3) is 0 Å². The zero-order chi connectivity index (χ0) is 15.5. The van der Waals surface area contributed by atoms with Crippen LogP contribution in [0.5, 0.6) is 5.75 Å². The summed E-state index contributed by atoms with van der Waals surface area (Å²) in [7, 11) is -2.93. The Morgan fingerprint density at radius 2 is 2.19 bits per heavy atom. The summed E-state index contributed by atoms with van der Waals surface area (Å²) in [5, 5.41) is 3.35. The van der Waals surface area contributed by atoms with Gasteiger partial charge in [0.15, 0.2) is 9.84 Å². The minimum atomic E-state index is -2.93. The van der Waals surface area contributed by atoms with Crippen molar-refractivity contribution in [3.05, 3.63) is 23.5 Å². The maximum atomic E-state index is 11.5. The summed E-state index contributed by atoms with van der Waals surface area (Å²) in [4.78, 5) is 4.51. The maximum absolute atomic E-state index is 11.5. The normalized spacial score (nSPS) is 20.9. The van der Waals surface area contributed by atoms with Crippen LogP contribution >= 0.6 is 0 Å². The third-order valence-electron chi connectivity index (χ3n) is 3.40. The number of nitrogens with one attached hydrogen (secondary N) is 1. The minimum Gasteiger partial charge on any atom is -0.487 e. The highest BCUT2D eigenvalue weighted by atomic mass is 32.2. The molecule has 0 spiro atoms. The first-order valence-corrected chi connectivity index (χ1v) is 9.22. The fourth-order valence-corrected chi connectivity index (χ4v) is 3.93. The van der Waals surface area contributed by atoms with Crippen molar-refractivity contribution in [1.82, 2.24) is 10.3 Å². The van der Waals surface area contributed by atoms with E-state index in [-0.39, 0.29) is 17.6 Å². The number of aromatic nitrogens is 1. The van der Waals surface area contributed by atoms with Crippen molar-refractivity contribution in [3.63, 3.8) is 0 Å². The molecule has 0 bridgehead atoms. The molecule has 6 heteroatoms. The first-order valence-electron chi connectivity index (χ1n) is 7.40. The van der Waals surface area contributed by atoms with Gasteiger partial charge in [0.2, 0.25) is 0 Å². The van der Waals surface area contributed by atoms with Crippen molar-refractivity contribution in [2.45, 2.75) is 39.8 Å². The van der Waals surface area contributed by atoms with Gasteiger partial charge < -0.3 is 10.1 Å². The number of ether oxygens (including phenoxy) is 1. The van der Waals surface area contributed by atoms with Gasteiger partial charge in [-0.3, -0.25) is 4.98 Å². The van der Waals surface area contributed by atoms with Crippen molar-refractivity contribution in [2.24, 2.45) is 5.92 Å². The maximum Gasteiger partial charge on any atom is 0.154 e. The Kier molecular flexibility index (Phi) is 5.22. The molecule has 1 unspecified atom stereocenters. The lowest BCUT2D eigenvalue weighted by atomic mass is 10.2. The van der Waals surface area contributed by atoms with E-state index in [1.165, 1.54) is 0 Å². The minimum absolute atomic E-state index is 0.111. The van der Waals surface area contributed by atoms with E-state index >= 15 is 0 Å². The summed E-state index contributed by atoms with van der Waals surface area (Å²) < 4.78 is 28.9. The van der Waals surface area contributed by atoms with Crippen LogP contribution < -0.4 is 10.1 Å². The van der Waals surface area contributed by atoms with Crippen LogP contribution in [-0.2, 0) is 16.4 Å². The van der Waals surface area contributed by atoms with E-state index in [1.807, 2.05) is 19.1 Å². The number of pyridine rings is 1. The molecule has 0 saturated carbocycles. The summed E-state index contributed by atoms with van der Waals surface area (Å²) in [6.07, 6.45) is 0.318. The van der Waals surface area contributed by atoms with Gasteiger partial charge in [0.05, 0.1) is 17.2 Å². The summed E-state index contributed by atoms with van der Waals surface area (Å²) >= 11 is 0. The Labute approximate surface area is 127 Å². The van der Waals surface area contributed by atoms with Crippen LogP contribution in [0.15, 0.2) is 12.1 Å². The molecule has 1 aliphatic heterocycles. The average Bonchev–Trinajstić information content (AvgIpc) is 2.71. The molecule has 1 atom stereocenters. The summed E-state index contributed by atoms with van der Waals surface area (Å²) in [5.74, 6) is 1.59. The van der Waals surface area contributed by atoms with Crippen LogP contribution in [0, 0.1) is 12.8 Å². The van der Waals surface area contributed by atoms with Gasteiger partial charge in [-0.25, -0.2) is 8.42 Å². The second kappa shape index (κ2) is 6.75. The number of hydrogen-bond acceptors (Lipinski definition) is 5. The molecule has 0 radical (unpaired) electrons. The molecule has 5 nitrogen and oxygen atoms in total. The Morgan fingerprint density at radius 1 is 1.43 bits per heavy atom. The molecule has 1 aromatic rings. The molecule has 118 valence electrons. The van der Waals surface area contributed by atoms with Crippen LogP contribution in [0.4, 0.5) is 0 Å². The topological polar surface area (TPSA) is 68.3 Å². The molecule has 2 rings (SSSR count). The van der Waals surface area contributed by atoms with Crippen LogP contribution in [0.1, 0.15) is 31.7 Å². The smallest absolute Gasteiger partial charge is 0.154 e. The van der Waals surface area contributed by atoms with E-state index in [1.54, 1.807) is 0 Å². The second-order valence-corrected chi connectivity index (χ2v) is 8.29. The fourth-order valence-electron chi connectivity index (χ4n) is 2.34. The highest BCUT2D eigenvalue weighted by Crippen LogP contribution is 2.23. The van der Waals surface area contributed by atoms with Crippen molar-refractivity contribution >= 4 is 9.84 Å². The van der Waals surface area contributed by atoms with Crippen LogP contribution in [0.25, 0.3) is 0 Å².